The summed E-state index contributed by atoms with van der Waals surface area (Å²) in [5.41, 5.74) is 2.58. The van der Waals surface area contributed by atoms with Gasteiger partial charge in [0.15, 0.2) is 5.65 Å². The third kappa shape index (κ3) is 3.67. The number of allylic oxidation sites excluding steroid dienone is 2. The van der Waals surface area contributed by atoms with E-state index in [0.717, 1.165) is 6.42 Å². The Balaban J connectivity index is 1.70. The van der Waals surface area contributed by atoms with Crippen molar-refractivity contribution >= 4 is 22.8 Å². The molecule has 2 aromatic heterocycles. The molecule has 0 fully saturated rings. The molecule has 3 N–H and O–H groups in total. The summed E-state index contributed by atoms with van der Waals surface area (Å²) < 4.78 is 1.50. The number of imidazole rings is 1. The first-order chi connectivity index (χ1) is 13.2. The summed E-state index contributed by atoms with van der Waals surface area (Å²) in [7, 11) is 0. The zero-order valence-electron chi connectivity index (χ0n) is 14.6. The molecule has 1 atom stereocenters. The number of amides is 1. The van der Waals surface area contributed by atoms with E-state index in [0.29, 0.717) is 23.4 Å². The average Bonchev–Trinajstić information content (AvgIpc) is 3.05. The molecule has 3 aromatic rings. The number of hydrogen-bond acceptors (Lipinski definition) is 4. The van der Waals surface area contributed by atoms with E-state index in [4.69, 9.17) is 0 Å². The second-order valence-electron chi connectivity index (χ2n) is 6.34. The number of nitrogens with zero attached hydrogens (tertiary/aromatic N) is 2. The monoisotopic (exact) mass is 361 g/mol. The summed E-state index contributed by atoms with van der Waals surface area (Å²) in [5, 5.41) is 6.22. The third-order valence-corrected chi connectivity index (χ3v) is 4.43. The SMILES string of the molecule is O=C1/C=C/C(n2c(=O)[nH]c3ncccc32)=C\NC(Cc2ccccc2)CN1. The number of H-pyrrole nitrogens is 1. The molecule has 0 saturated carbocycles. The normalized spacial score (nSPS) is 20.5. The van der Waals surface area contributed by atoms with Crippen LogP contribution in [0.1, 0.15) is 5.56 Å². The van der Waals surface area contributed by atoms with Crippen molar-refractivity contribution in [1.29, 1.82) is 0 Å². The van der Waals surface area contributed by atoms with Gasteiger partial charge >= 0.3 is 5.69 Å². The van der Waals surface area contributed by atoms with E-state index in [-0.39, 0.29) is 17.6 Å². The molecular formula is C20H19N5O2. The van der Waals surface area contributed by atoms with Crippen molar-refractivity contribution in [2.24, 2.45) is 0 Å². The minimum absolute atomic E-state index is 0.00900. The van der Waals surface area contributed by atoms with Gasteiger partial charge in [-0.2, -0.15) is 0 Å². The van der Waals surface area contributed by atoms with E-state index in [9.17, 15) is 9.59 Å². The Bertz CT molecular complexity index is 1080. The molecule has 1 aliphatic rings. The molecule has 7 nitrogen and oxygen atoms in total. The van der Waals surface area contributed by atoms with Crippen LogP contribution >= 0.6 is 0 Å². The lowest BCUT2D eigenvalue weighted by Gasteiger charge is -2.18. The molecule has 27 heavy (non-hydrogen) atoms. The van der Waals surface area contributed by atoms with Gasteiger partial charge in [-0.3, -0.25) is 14.3 Å². The summed E-state index contributed by atoms with van der Waals surface area (Å²) >= 11 is 0. The number of carbonyl (C=O) groups is 1. The lowest BCUT2D eigenvalue weighted by Crippen LogP contribution is -2.39. The second kappa shape index (κ2) is 7.33. The van der Waals surface area contributed by atoms with Crippen LogP contribution in [0.3, 0.4) is 0 Å². The van der Waals surface area contributed by atoms with E-state index >= 15 is 0 Å². The van der Waals surface area contributed by atoms with Gasteiger partial charge in [-0.05, 0) is 30.2 Å². The smallest absolute Gasteiger partial charge is 0.332 e. The second-order valence-corrected chi connectivity index (χ2v) is 6.34. The van der Waals surface area contributed by atoms with Crippen LogP contribution in [0.15, 0.2) is 71.8 Å². The van der Waals surface area contributed by atoms with E-state index in [2.05, 4.69) is 32.7 Å². The summed E-state index contributed by atoms with van der Waals surface area (Å²) in [4.78, 5) is 31.4. The van der Waals surface area contributed by atoms with Gasteiger partial charge in [0.05, 0.1) is 11.2 Å². The van der Waals surface area contributed by atoms with Crippen molar-refractivity contribution in [1.82, 2.24) is 25.2 Å². The average molecular weight is 361 g/mol. The highest BCUT2D eigenvalue weighted by Gasteiger charge is 2.14. The number of benzene rings is 1. The van der Waals surface area contributed by atoms with Crippen LogP contribution in [0.4, 0.5) is 0 Å². The predicted molar refractivity (Wildman–Crippen MR) is 104 cm³/mol. The molecule has 4 rings (SSSR count). The molecule has 0 aliphatic carbocycles. The van der Waals surface area contributed by atoms with Crippen molar-refractivity contribution in [3.63, 3.8) is 0 Å². The molecule has 7 heteroatoms. The number of hydrogen-bond donors (Lipinski definition) is 3. The summed E-state index contributed by atoms with van der Waals surface area (Å²) in [6.07, 6.45) is 7.19. The van der Waals surface area contributed by atoms with Crippen molar-refractivity contribution in [2.45, 2.75) is 12.5 Å². The molecule has 1 amide bonds. The van der Waals surface area contributed by atoms with Gasteiger partial charge in [0.2, 0.25) is 5.91 Å². The van der Waals surface area contributed by atoms with Crippen LogP contribution in [0.2, 0.25) is 0 Å². The fourth-order valence-electron chi connectivity index (χ4n) is 3.12. The summed E-state index contributed by atoms with van der Waals surface area (Å²) in [6, 6.07) is 13.6. The first kappa shape index (κ1) is 16.8. The Morgan fingerprint density at radius 1 is 1.07 bits per heavy atom. The fourth-order valence-corrected chi connectivity index (χ4v) is 3.12. The number of rotatable bonds is 3. The van der Waals surface area contributed by atoms with Gasteiger partial charge in [0.1, 0.15) is 0 Å². The Labute approximate surface area is 155 Å². The lowest BCUT2D eigenvalue weighted by atomic mass is 10.1. The van der Waals surface area contributed by atoms with Gasteiger partial charge < -0.3 is 10.6 Å². The van der Waals surface area contributed by atoms with Crippen LogP contribution in [0.25, 0.3) is 16.9 Å². The highest BCUT2D eigenvalue weighted by Crippen LogP contribution is 2.14. The third-order valence-electron chi connectivity index (χ3n) is 4.43. The van der Waals surface area contributed by atoms with Crippen molar-refractivity contribution in [3.8, 4) is 0 Å². The maximum absolute atomic E-state index is 12.4. The standard InChI is InChI=1S/C20H19N5O2/c26-18-9-8-16(25-17-7-4-10-21-19(17)24-20(25)27)13-22-15(12-23-18)11-14-5-2-1-3-6-14/h1-10,13,15,22H,11-12H2,(H,23,26)(H,21,24,27)/b9-8+,16-13+. The molecule has 3 heterocycles. The van der Waals surface area contributed by atoms with Crippen LogP contribution in [0.5, 0.6) is 0 Å². The van der Waals surface area contributed by atoms with Gasteiger partial charge in [0, 0.05) is 31.1 Å². The molecule has 1 unspecified atom stereocenters. The van der Waals surface area contributed by atoms with Crippen LogP contribution in [0, 0.1) is 0 Å². The van der Waals surface area contributed by atoms with Crippen LogP contribution in [-0.4, -0.2) is 33.0 Å². The quantitative estimate of drug-likeness (QED) is 0.658. The van der Waals surface area contributed by atoms with Crippen LogP contribution < -0.4 is 16.3 Å². The molecule has 1 aromatic carbocycles. The number of aromatic amines is 1. The number of pyridine rings is 1. The maximum Gasteiger partial charge on any atom is 0.332 e. The van der Waals surface area contributed by atoms with Gasteiger partial charge in [-0.15, -0.1) is 0 Å². The first-order valence-corrected chi connectivity index (χ1v) is 8.73. The van der Waals surface area contributed by atoms with Crippen molar-refractivity contribution in [2.75, 3.05) is 6.54 Å². The predicted octanol–water partition coefficient (Wildman–Crippen LogP) is 1.41. The van der Waals surface area contributed by atoms with Gasteiger partial charge in [-0.1, -0.05) is 30.3 Å². The first-order valence-electron chi connectivity index (χ1n) is 8.73. The van der Waals surface area contributed by atoms with Crippen LogP contribution in [-0.2, 0) is 11.2 Å². The number of carbonyl (C=O) groups excluding carboxylic acids is 1. The number of fused-ring (bicyclic) bond motifs is 1. The van der Waals surface area contributed by atoms with E-state index in [1.807, 2.05) is 24.3 Å². The largest absolute Gasteiger partial charge is 0.384 e. The Morgan fingerprint density at radius 2 is 1.93 bits per heavy atom. The molecule has 0 bridgehead atoms. The van der Waals surface area contributed by atoms with E-state index < -0.39 is 0 Å². The Hall–Kier alpha value is -3.61. The number of nitrogens with one attached hydrogen (secondary N) is 3. The highest BCUT2D eigenvalue weighted by molar-refractivity contribution is 5.90. The summed E-state index contributed by atoms with van der Waals surface area (Å²) in [6.45, 7) is 0.478. The lowest BCUT2D eigenvalue weighted by molar-refractivity contribution is -0.116. The van der Waals surface area contributed by atoms with Gasteiger partial charge in [-0.25, -0.2) is 9.78 Å². The minimum atomic E-state index is -0.305. The Morgan fingerprint density at radius 3 is 2.78 bits per heavy atom. The minimum Gasteiger partial charge on any atom is -0.384 e. The van der Waals surface area contributed by atoms with Crippen molar-refractivity contribution in [3.05, 3.63) is 83.1 Å². The Kier molecular flexibility index (Phi) is 4.57. The zero-order valence-corrected chi connectivity index (χ0v) is 14.6. The molecule has 136 valence electrons. The van der Waals surface area contributed by atoms with Gasteiger partial charge in [0.25, 0.3) is 0 Å². The van der Waals surface area contributed by atoms with Crippen molar-refractivity contribution < 1.29 is 4.79 Å². The maximum atomic E-state index is 12.4. The van der Waals surface area contributed by atoms with E-state index in [1.165, 1.54) is 16.2 Å². The zero-order chi connectivity index (χ0) is 18.6. The molecule has 1 aliphatic heterocycles. The molecule has 0 radical (unpaired) electrons. The van der Waals surface area contributed by atoms with E-state index in [1.54, 1.807) is 24.5 Å². The fraction of sp³-hybridized carbons (Fsp3) is 0.150. The molecule has 0 saturated heterocycles. The molecular weight excluding hydrogens is 342 g/mol. The topological polar surface area (TPSA) is 91.8 Å². The molecule has 0 spiro atoms. The number of aromatic nitrogens is 3. The highest BCUT2D eigenvalue weighted by atomic mass is 16.2. The summed E-state index contributed by atoms with van der Waals surface area (Å²) in [5.74, 6) is -0.200.